The van der Waals surface area contributed by atoms with Gasteiger partial charge in [0.15, 0.2) is 0 Å². The van der Waals surface area contributed by atoms with E-state index in [2.05, 4.69) is 11.2 Å². The van der Waals surface area contributed by atoms with Crippen LogP contribution in [0.1, 0.15) is 51.4 Å². The van der Waals surface area contributed by atoms with Crippen molar-refractivity contribution in [3.8, 4) is 12.3 Å². The second-order valence-corrected chi connectivity index (χ2v) is 5.41. The van der Waals surface area contributed by atoms with Crippen molar-refractivity contribution in [2.45, 2.75) is 63.5 Å². The average molecular weight is 262 g/mol. The molecule has 0 aromatic heterocycles. The minimum absolute atomic E-state index is 0.0184. The fraction of sp³-hybridized carbons (Fsp3) is 0.733. The summed E-state index contributed by atoms with van der Waals surface area (Å²) in [6.45, 7) is 0.596. The average Bonchev–Trinajstić information content (AvgIpc) is 2.61. The molecule has 19 heavy (non-hydrogen) atoms. The van der Waals surface area contributed by atoms with Crippen molar-refractivity contribution in [2.75, 3.05) is 6.54 Å². The number of amides is 2. The van der Waals surface area contributed by atoms with Crippen molar-refractivity contribution in [3.63, 3.8) is 0 Å². The molecule has 0 spiro atoms. The van der Waals surface area contributed by atoms with Crippen LogP contribution in [0.25, 0.3) is 0 Å². The number of terminal acetylenes is 1. The van der Waals surface area contributed by atoms with E-state index in [1.165, 1.54) is 17.7 Å². The fourth-order valence-corrected chi connectivity index (χ4v) is 3.03. The lowest BCUT2D eigenvalue weighted by atomic mass is 10.1. The Bertz CT molecular complexity index is 378. The monoisotopic (exact) mass is 262 g/mol. The first kappa shape index (κ1) is 14.1. The van der Waals surface area contributed by atoms with Crippen LogP contribution < -0.4 is 5.32 Å². The van der Waals surface area contributed by atoms with Gasteiger partial charge in [0.2, 0.25) is 11.8 Å². The van der Waals surface area contributed by atoms with Crippen LogP contribution in [-0.4, -0.2) is 35.3 Å². The van der Waals surface area contributed by atoms with Crippen molar-refractivity contribution < 1.29 is 9.59 Å². The molecule has 0 bridgehead atoms. The summed E-state index contributed by atoms with van der Waals surface area (Å²) in [5, 5.41) is 3.09. The largest absolute Gasteiger partial charge is 0.304 e. The molecule has 1 aliphatic heterocycles. The zero-order valence-corrected chi connectivity index (χ0v) is 11.4. The number of nitrogens with zero attached hydrogens (tertiary/aromatic N) is 1. The molecule has 2 amide bonds. The van der Waals surface area contributed by atoms with E-state index in [9.17, 15) is 9.59 Å². The molecule has 2 fully saturated rings. The molecule has 1 heterocycles. The molecule has 0 aromatic rings. The Kier molecular flexibility index (Phi) is 4.98. The number of rotatable bonds is 4. The van der Waals surface area contributed by atoms with Crippen LogP contribution in [0.5, 0.6) is 0 Å². The van der Waals surface area contributed by atoms with E-state index in [-0.39, 0.29) is 23.9 Å². The lowest BCUT2D eigenvalue weighted by molar-refractivity contribution is -0.141. The van der Waals surface area contributed by atoms with Crippen LogP contribution in [0.3, 0.4) is 0 Å². The van der Waals surface area contributed by atoms with E-state index in [0.29, 0.717) is 19.4 Å². The van der Waals surface area contributed by atoms with Gasteiger partial charge in [-0.2, -0.15) is 0 Å². The topological polar surface area (TPSA) is 49.4 Å². The molecule has 104 valence electrons. The third kappa shape index (κ3) is 3.36. The van der Waals surface area contributed by atoms with Gasteiger partial charge in [-0.05, 0) is 12.8 Å². The molecular formula is C15H22N2O2. The van der Waals surface area contributed by atoms with Gasteiger partial charge in [-0.3, -0.25) is 14.5 Å². The van der Waals surface area contributed by atoms with Crippen LogP contribution in [0.4, 0.5) is 0 Å². The molecule has 1 aliphatic carbocycles. The van der Waals surface area contributed by atoms with Crippen molar-refractivity contribution in [1.29, 1.82) is 0 Å². The van der Waals surface area contributed by atoms with Crippen LogP contribution in [-0.2, 0) is 9.59 Å². The van der Waals surface area contributed by atoms with E-state index in [1.807, 2.05) is 0 Å². The molecule has 1 saturated carbocycles. The van der Waals surface area contributed by atoms with Gasteiger partial charge in [-0.1, -0.05) is 25.7 Å². The molecule has 0 radical (unpaired) electrons. The lowest BCUT2D eigenvalue weighted by Crippen LogP contribution is -2.44. The number of hydrogen-bond donors (Lipinski definition) is 1. The maximum atomic E-state index is 12.3. The highest BCUT2D eigenvalue weighted by molar-refractivity contribution is 6.05. The fourth-order valence-electron chi connectivity index (χ4n) is 3.03. The SMILES string of the molecule is C#CCCNC1CC(=O)N(C2CCCCCC2)C1=O. The Balaban J connectivity index is 1.95. The van der Waals surface area contributed by atoms with Gasteiger partial charge < -0.3 is 5.32 Å². The third-order valence-corrected chi connectivity index (χ3v) is 4.03. The first-order valence-corrected chi connectivity index (χ1v) is 7.27. The van der Waals surface area contributed by atoms with Gasteiger partial charge in [0, 0.05) is 19.0 Å². The van der Waals surface area contributed by atoms with Crippen LogP contribution in [0, 0.1) is 12.3 Å². The highest BCUT2D eigenvalue weighted by Crippen LogP contribution is 2.26. The third-order valence-electron chi connectivity index (χ3n) is 4.03. The Morgan fingerprint density at radius 2 is 1.89 bits per heavy atom. The molecule has 1 N–H and O–H groups in total. The molecule has 4 nitrogen and oxygen atoms in total. The molecule has 1 saturated heterocycles. The summed E-state index contributed by atoms with van der Waals surface area (Å²) in [5.41, 5.74) is 0. The van der Waals surface area contributed by atoms with Crippen molar-refractivity contribution in [2.24, 2.45) is 0 Å². The van der Waals surface area contributed by atoms with Gasteiger partial charge in [-0.25, -0.2) is 0 Å². The van der Waals surface area contributed by atoms with E-state index in [1.54, 1.807) is 0 Å². The summed E-state index contributed by atoms with van der Waals surface area (Å²) in [7, 11) is 0. The Labute approximate surface area is 114 Å². The van der Waals surface area contributed by atoms with Gasteiger partial charge in [0.25, 0.3) is 0 Å². The van der Waals surface area contributed by atoms with Crippen molar-refractivity contribution in [3.05, 3.63) is 0 Å². The second kappa shape index (κ2) is 6.72. The van der Waals surface area contributed by atoms with Gasteiger partial charge in [-0.15, -0.1) is 12.3 Å². The quantitative estimate of drug-likeness (QED) is 0.361. The zero-order valence-electron chi connectivity index (χ0n) is 11.4. The normalized spacial score (nSPS) is 25.4. The number of carbonyl (C=O) groups is 2. The predicted molar refractivity (Wildman–Crippen MR) is 73.2 cm³/mol. The second-order valence-electron chi connectivity index (χ2n) is 5.41. The van der Waals surface area contributed by atoms with E-state index < -0.39 is 0 Å². The molecule has 2 aliphatic rings. The molecule has 1 atom stereocenters. The highest BCUT2D eigenvalue weighted by atomic mass is 16.2. The molecule has 0 aromatic carbocycles. The minimum Gasteiger partial charge on any atom is -0.304 e. The van der Waals surface area contributed by atoms with E-state index in [4.69, 9.17) is 6.42 Å². The zero-order chi connectivity index (χ0) is 13.7. The lowest BCUT2D eigenvalue weighted by Gasteiger charge is -2.25. The number of nitrogens with one attached hydrogen (secondary N) is 1. The van der Waals surface area contributed by atoms with Crippen LogP contribution >= 0.6 is 0 Å². The first-order chi connectivity index (χ1) is 9.24. The Morgan fingerprint density at radius 1 is 1.21 bits per heavy atom. The van der Waals surface area contributed by atoms with Crippen molar-refractivity contribution in [1.82, 2.24) is 10.2 Å². The van der Waals surface area contributed by atoms with Gasteiger partial charge >= 0.3 is 0 Å². The first-order valence-electron chi connectivity index (χ1n) is 7.27. The minimum atomic E-state index is -0.357. The number of likely N-dealkylation sites (tertiary alicyclic amines) is 1. The summed E-state index contributed by atoms with van der Waals surface area (Å²) < 4.78 is 0. The summed E-state index contributed by atoms with van der Waals surface area (Å²) >= 11 is 0. The van der Waals surface area contributed by atoms with E-state index in [0.717, 1.165) is 25.7 Å². The van der Waals surface area contributed by atoms with Crippen LogP contribution in [0.2, 0.25) is 0 Å². The standard InChI is InChI=1S/C15H22N2O2/c1-2-3-10-16-13-11-14(18)17(15(13)19)12-8-6-4-5-7-9-12/h1,12-13,16H,3-11H2. The van der Waals surface area contributed by atoms with Gasteiger partial charge in [0.1, 0.15) is 0 Å². The number of carbonyl (C=O) groups excluding carboxylic acids is 2. The Morgan fingerprint density at radius 3 is 2.53 bits per heavy atom. The van der Waals surface area contributed by atoms with Gasteiger partial charge in [0.05, 0.1) is 12.5 Å². The molecule has 2 rings (SSSR count). The smallest absolute Gasteiger partial charge is 0.247 e. The maximum Gasteiger partial charge on any atom is 0.247 e. The van der Waals surface area contributed by atoms with E-state index >= 15 is 0 Å². The predicted octanol–water partition coefficient (Wildman–Crippen LogP) is 1.45. The summed E-state index contributed by atoms with van der Waals surface area (Å²) in [4.78, 5) is 25.9. The Hall–Kier alpha value is -1.34. The summed E-state index contributed by atoms with van der Waals surface area (Å²) in [6.07, 6.45) is 12.7. The molecule has 4 heteroatoms. The van der Waals surface area contributed by atoms with Crippen molar-refractivity contribution >= 4 is 11.8 Å². The number of imide groups is 1. The molecular weight excluding hydrogens is 240 g/mol. The number of hydrogen-bond acceptors (Lipinski definition) is 3. The highest BCUT2D eigenvalue weighted by Gasteiger charge is 2.41. The maximum absolute atomic E-state index is 12.3. The summed E-state index contributed by atoms with van der Waals surface area (Å²) in [6, 6.07) is -0.231. The molecule has 1 unspecified atom stereocenters. The summed E-state index contributed by atoms with van der Waals surface area (Å²) in [5.74, 6) is 2.46. The van der Waals surface area contributed by atoms with Crippen LogP contribution in [0.15, 0.2) is 0 Å².